The van der Waals surface area contributed by atoms with E-state index in [1.807, 2.05) is 0 Å². The molecule has 0 aliphatic heterocycles. The predicted molar refractivity (Wildman–Crippen MR) is 56.1 cm³/mol. The minimum Gasteiger partial charge on any atom is -0.468 e. The molecule has 0 heterocycles. The van der Waals surface area contributed by atoms with E-state index in [4.69, 9.17) is 5.73 Å². The standard InChI is InChI=1S/C11H18F3NO2/c1-17-9(16)10(7-15,11(12,13)14)8-5-3-2-4-6-8/h8H,2-7,15H2,1H3. The first kappa shape index (κ1) is 14.3. The van der Waals surface area contributed by atoms with Gasteiger partial charge in [-0.05, 0) is 18.8 Å². The van der Waals surface area contributed by atoms with Crippen LogP contribution in [0.15, 0.2) is 0 Å². The molecule has 1 aliphatic rings. The van der Waals surface area contributed by atoms with Crippen molar-refractivity contribution < 1.29 is 22.7 Å². The number of hydrogen-bond acceptors (Lipinski definition) is 3. The topological polar surface area (TPSA) is 52.3 Å². The Morgan fingerprint density at radius 1 is 1.29 bits per heavy atom. The van der Waals surface area contributed by atoms with Crippen LogP contribution in [0.1, 0.15) is 32.1 Å². The fourth-order valence-corrected chi connectivity index (χ4v) is 2.66. The average molecular weight is 253 g/mol. The van der Waals surface area contributed by atoms with Crippen LogP contribution < -0.4 is 5.73 Å². The lowest BCUT2D eigenvalue weighted by molar-refractivity contribution is -0.247. The molecule has 0 bridgehead atoms. The first-order chi connectivity index (χ1) is 7.90. The molecule has 1 aliphatic carbocycles. The van der Waals surface area contributed by atoms with E-state index < -0.39 is 30.0 Å². The lowest BCUT2D eigenvalue weighted by Crippen LogP contribution is -2.56. The minimum atomic E-state index is -4.66. The van der Waals surface area contributed by atoms with Crippen LogP contribution in [0, 0.1) is 11.3 Å². The molecule has 2 N–H and O–H groups in total. The summed E-state index contributed by atoms with van der Waals surface area (Å²) in [7, 11) is 0.974. The van der Waals surface area contributed by atoms with E-state index in [9.17, 15) is 18.0 Å². The molecule has 1 rings (SSSR count). The molecule has 0 aromatic carbocycles. The van der Waals surface area contributed by atoms with Crippen LogP contribution in [0.5, 0.6) is 0 Å². The molecule has 1 fully saturated rings. The quantitative estimate of drug-likeness (QED) is 0.785. The lowest BCUT2D eigenvalue weighted by atomic mass is 9.68. The van der Waals surface area contributed by atoms with Crippen molar-refractivity contribution in [2.45, 2.75) is 38.3 Å². The van der Waals surface area contributed by atoms with Gasteiger partial charge in [0.05, 0.1) is 7.11 Å². The zero-order valence-corrected chi connectivity index (χ0v) is 9.85. The number of esters is 1. The average Bonchev–Trinajstić information content (AvgIpc) is 2.30. The van der Waals surface area contributed by atoms with Crippen molar-refractivity contribution in [1.29, 1.82) is 0 Å². The monoisotopic (exact) mass is 253 g/mol. The molecule has 0 spiro atoms. The van der Waals surface area contributed by atoms with Gasteiger partial charge in [-0.2, -0.15) is 13.2 Å². The molecule has 0 radical (unpaired) electrons. The summed E-state index contributed by atoms with van der Waals surface area (Å²) < 4.78 is 44.0. The van der Waals surface area contributed by atoms with Crippen LogP contribution >= 0.6 is 0 Å². The number of hydrogen-bond donors (Lipinski definition) is 1. The van der Waals surface area contributed by atoms with Crippen LogP contribution in [0.25, 0.3) is 0 Å². The predicted octanol–water partition coefficient (Wildman–Crippen LogP) is 2.25. The summed E-state index contributed by atoms with van der Waals surface area (Å²) in [6.07, 6.45) is -1.57. The van der Waals surface area contributed by atoms with Gasteiger partial charge in [0, 0.05) is 6.54 Å². The van der Waals surface area contributed by atoms with Crippen molar-refractivity contribution in [3.63, 3.8) is 0 Å². The largest absolute Gasteiger partial charge is 0.468 e. The molecular weight excluding hydrogens is 235 g/mol. The molecule has 0 saturated heterocycles. The third-order valence-electron chi connectivity index (χ3n) is 3.68. The number of carbonyl (C=O) groups excluding carboxylic acids is 1. The van der Waals surface area contributed by atoms with Gasteiger partial charge < -0.3 is 10.5 Å². The van der Waals surface area contributed by atoms with Gasteiger partial charge in [-0.25, -0.2) is 0 Å². The summed E-state index contributed by atoms with van der Waals surface area (Å²) in [5.74, 6) is -2.01. The number of ether oxygens (including phenoxy) is 1. The minimum absolute atomic E-state index is 0.381. The van der Waals surface area contributed by atoms with E-state index >= 15 is 0 Å². The Balaban J connectivity index is 3.10. The van der Waals surface area contributed by atoms with Crippen molar-refractivity contribution in [2.75, 3.05) is 13.7 Å². The first-order valence-electron chi connectivity index (χ1n) is 5.75. The summed E-state index contributed by atoms with van der Waals surface area (Å²) in [6.45, 7) is -0.742. The van der Waals surface area contributed by atoms with Crippen molar-refractivity contribution in [3.8, 4) is 0 Å². The maximum absolute atomic E-state index is 13.2. The third-order valence-corrected chi connectivity index (χ3v) is 3.68. The van der Waals surface area contributed by atoms with Crippen molar-refractivity contribution >= 4 is 5.97 Å². The van der Waals surface area contributed by atoms with Gasteiger partial charge >= 0.3 is 12.1 Å². The van der Waals surface area contributed by atoms with Gasteiger partial charge in [0.1, 0.15) is 0 Å². The smallest absolute Gasteiger partial charge is 0.406 e. The van der Waals surface area contributed by atoms with Gasteiger partial charge in [-0.1, -0.05) is 19.3 Å². The Bertz CT molecular complexity index is 274. The van der Waals surface area contributed by atoms with Crippen molar-refractivity contribution in [1.82, 2.24) is 0 Å². The summed E-state index contributed by atoms with van der Waals surface area (Å²) in [6, 6.07) is 0. The second-order valence-electron chi connectivity index (χ2n) is 4.50. The normalized spacial score (nSPS) is 21.9. The zero-order chi connectivity index (χ0) is 13.1. The van der Waals surface area contributed by atoms with Gasteiger partial charge in [0.25, 0.3) is 0 Å². The van der Waals surface area contributed by atoms with Crippen molar-refractivity contribution in [3.05, 3.63) is 0 Å². The summed E-state index contributed by atoms with van der Waals surface area (Å²) in [5, 5.41) is 0. The lowest BCUT2D eigenvalue weighted by Gasteiger charge is -2.40. The second-order valence-corrected chi connectivity index (χ2v) is 4.50. The van der Waals surface area contributed by atoms with Gasteiger partial charge in [-0.15, -0.1) is 0 Å². The summed E-state index contributed by atoms with van der Waals surface area (Å²) in [4.78, 5) is 11.6. The molecule has 6 heteroatoms. The molecule has 1 saturated carbocycles. The maximum atomic E-state index is 13.2. The van der Waals surface area contributed by atoms with E-state index in [-0.39, 0.29) is 0 Å². The highest BCUT2D eigenvalue weighted by molar-refractivity contribution is 5.78. The van der Waals surface area contributed by atoms with Crippen LogP contribution in [-0.2, 0) is 9.53 Å². The number of alkyl halides is 3. The summed E-state index contributed by atoms with van der Waals surface area (Å²) in [5.41, 5.74) is 2.75. The van der Waals surface area contributed by atoms with E-state index in [0.29, 0.717) is 25.7 Å². The number of halogens is 3. The molecular formula is C11H18F3NO2. The highest BCUT2D eigenvalue weighted by Crippen LogP contribution is 2.49. The fraction of sp³-hybridized carbons (Fsp3) is 0.909. The number of carbonyl (C=O) groups is 1. The SMILES string of the molecule is COC(=O)C(CN)(C1CCCCC1)C(F)(F)F. The van der Waals surface area contributed by atoms with E-state index in [1.165, 1.54) is 0 Å². The van der Waals surface area contributed by atoms with Gasteiger partial charge in [0.2, 0.25) is 0 Å². The zero-order valence-electron chi connectivity index (χ0n) is 9.85. The Labute approximate surface area is 98.5 Å². The van der Waals surface area contributed by atoms with Crippen LogP contribution in [0.3, 0.4) is 0 Å². The Morgan fingerprint density at radius 2 is 1.82 bits per heavy atom. The molecule has 1 atom stereocenters. The maximum Gasteiger partial charge on any atom is 0.406 e. The molecule has 0 amide bonds. The van der Waals surface area contributed by atoms with Crippen LogP contribution in [0.2, 0.25) is 0 Å². The fourth-order valence-electron chi connectivity index (χ4n) is 2.66. The Hall–Kier alpha value is -0.780. The van der Waals surface area contributed by atoms with Crippen molar-refractivity contribution in [2.24, 2.45) is 17.1 Å². The van der Waals surface area contributed by atoms with Gasteiger partial charge in [0.15, 0.2) is 5.41 Å². The number of rotatable bonds is 3. The van der Waals surface area contributed by atoms with E-state index in [2.05, 4.69) is 4.74 Å². The van der Waals surface area contributed by atoms with Gasteiger partial charge in [-0.3, -0.25) is 4.79 Å². The molecule has 1 unspecified atom stereocenters. The highest BCUT2D eigenvalue weighted by Gasteiger charge is 2.64. The number of nitrogens with two attached hydrogens (primary N) is 1. The second kappa shape index (κ2) is 5.25. The molecule has 0 aromatic heterocycles. The van der Waals surface area contributed by atoms with E-state index in [1.54, 1.807) is 0 Å². The summed E-state index contributed by atoms with van der Waals surface area (Å²) >= 11 is 0. The Kier molecular flexibility index (Phi) is 4.41. The van der Waals surface area contributed by atoms with Crippen LogP contribution in [-0.4, -0.2) is 25.8 Å². The molecule has 0 aromatic rings. The third kappa shape index (κ3) is 2.41. The molecule has 17 heavy (non-hydrogen) atoms. The first-order valence-corrected chi connectivity index (χ1v) is 5.75. The molecule has 3 nitrogen and oxygen atoms in total. The molecule has 100 valence electrons. The van der Waals surface area contributed by atoms with Crippen LogP contribution in [0.4, 0.5) is 13.2 Å². The highest BCUT2D eigenvalue weighted by atomic mass is 19.4. The number of methoxy groups -OCH3 is 1. The van der Waals surface area contributed by atoms with E-state index in [0.717, 1.165) is 13.5 Å². The Morgan fingerprint density at radius 3 is 2.18 bits per heavy atom.